The maximum atomic E-state index is 4.34. The molecule has 2 heteroatoms. The third kappa shape index (κ3) is 2.07. The molecule has 0 saturated heterocycles. The summed E-state index contributed by atoms with van der Waals surface area (Å²) < 4.78 is 2.26. The second-order valence-electron chi connectivity index (χ2n) is 4.15. The number of rotatable bonds is 3. The van der Waals surface area contributed by atoms with Crippen LogP contribution in [0.2, 0.25) is 0 Å². The van der Waals surface area contributed by atoms with E-state index in [2.05, 4.69) is 58.2 Å². The molecular formula is C15H14N2. The van der Waals surface area contributed by atoms with E-state index in [4.69, 9.17) is 0 Å². The molecule has 0 aliphatic rings. The Balaban J connectivity index is 1.82. The van der Waals surface area contributed by atoms with Crippen molar-refractivity contribution in [2.45, 2.75) is 13.0 Å². The maximum absolute atomic E-state index is 4.34. The van der Waals surface area contributed by atoms with Gasteiger partial charge in [-0.3, -0.25) is 4.98 Å². The fourth-order valence-corrected chi connectivity index (χ4v) is 2.11. The summed E-state index contributed by atoms with van der Waals surface area (Å²) in [4.78, 5) is 4.34. The molecule has 0 amide bonds. The van der Waals surface area contributed by atoms with Gasteiger partial charge in [-0.1, -0.05) is 30.3 Å². The molecule has 84 valence electrons. The van der Waals surface area contributed by atoms with E-state index in [1.807, 2.05) is 12.3 Å². The topological polar surface area (TPSA) is 17.8 Å². The van der Waals surface area contributed by atoms with E-state index in [0.29, 0.717) is 0 Å². The van der Waals surface area contributed by atoms with Gasteiger partial charge in [0.25, 0.3) is 0 Å². The molecule has 2 heterocycles. The molecule has 0 saturated carbocycles. The van der Waals surface area contributed by atoms with Crippen LogP contribution in [0.3, 0.4) is 0 Å². The average molecular weight is 222 g/mol. The highest BCUT2D eigenvalue weighted by molar-refractivity contribution is 5.75. The minimum atomic E-state index is 0.999. The van der Waals surface area contributed by atoms with Crippen molar-refractivity contribution in [3.63, 3.8) is 0 Å². The predicted octanol–water partition coefficient (Wildman–Crippen LogP) is 3.28. The molecule has 0 atom stereocenters. The van der Waals surface area contributed by atoms with Crippen LogP contribution in [0, 0.1) is 0 Å². The molecule has 0 aliphatic carbocycles. The predicted molar refractivity (Wildman–Crippen MR) is 69.9 cm³/mol. The number of hydrogen-bond acceptors (Lipinski definition) is 1. The highest BCUT2D eigenvalue weighted by atomic mass is 15.0. The van der Waals surface area contributed by atoms with Crippen LogP contribution >= 0.6 is 0 Å². The van der Waals surface area contributed by atoms with E-state index in [9.17, 15) is 0 Å². The molecule has 17 heavy (non-hydrogen) atoms. The van der Waals surface area contributed by atoms with E-state index < -0.39 is 0 Å². The van der Waals surface area contributed by atoms with Gasteiger partial charge in [0.05, 0.1) is 11.0 Å². The Morgan fingerprint density at radius 2 is 1.82 bits per heavy atom. The average Bonchev–Trinajstić information content (AvgIpc) is 2.81. The maximum Gasteiger partial charge on any atom is 0.0880 e. The summed E-state index contributed by atoms with van der Waals surface area (Å²) in [5.41, 5.74) is 3.65. The first kappa shape index (κ1) is 10.1. The third-order valence-electron chi connectivity index (χ3n) is 3.02. The zero-order chi connectivity index (χ0) is 11.5. The summed E-state index contributed by atoms with van der Waals surface area (Å²) in [5.74, 6) is 0. The molecule has 3 rings (SSSR count). The summed E-state index contributed by atoms with van der Waals surface area (Å²) in [6.07, 6.45) is 5.00. The van der Waals surface area contributed by atoms with Crippen LogP contribution in [0.1, 0.15) is 5.56 Å². The van der Waals surface area contributed by atoms with Gasteiger partial charge in [-0.15, -0.1) is 0 Å². The quantitative estimate of drug-likeness (QED) is 0.665. The van der Waals surface area contributed by atoms with E-state index >= 15 is 0 Å². The second kappa shape index (κ2) is 4.42. The monoisotopic (exact) mass is 222 g/mol. The Bertz CT molecular complexity index is 611. The molecule has 0 aliphatic heterocycles. The lowest BCUT2D eigenvalue weighted by molar-refractivity contribution is 0.723. The van der Waals surface area contributed by atoms with Gasteiger partial charge in [0, 0.05) is 18.9 Å². The van der Waals surface area contributed by atoms with Crippen LogP contribution < -0.4 is 0 Å². The van der Waals surface area contributed by atoms with Gasteiger partial charge >= 0.3 is 0 Å². The van der Waals surface area contributed by atoms with Crippen molar-refractivity contribution in [2.24, 2.45) is 0 Å². The summed E-state index contributed by atoms with van der Waals surface area (Å²) in [7, 11) is 0. The fraction of sp³-hybridized carbons (Fsp3) is 0.133. The standard InChI is InChI=1S/C15H14N2/c1-2-5-13(6-3-1)8-11-17-12-9-14-15(17)7-4-10-16-14/h1-7,9-10,12H,8,11H2. The Morgan fingerprint density at radius 1 is 0.941 bits per heavy atom. The van der Waals surface area contributed by atoms with E-state index in [0.717, 1.165) is 18.5 Å². The lowest BCUT2D eigenvalue weighted by atomic mass is 10.1. The van der Waals surface area contributed by atoms with Gasteiger partial charge in [-0.2, -0.15) is 0 Å². The zero-order valence-electron chi connectivity index (χ0n) is 9.58. The summed E-state index contributed by atoms with van der Waals surface area (Å²) >= 11 is 0. The minimum Gasteiger partial charge on any atom is -0.346 e. The highest BCUT2D eigenvalue weighted by Gasteiger charge is 2.00. The molecule has 0 N–H and O–H groups in total. The number of hydrogen-bond donors (Lipinski definition) is 0. The first-order valence-electron chi connectivity index (χ1n) is 5.87. The smallest absolute Gasteiger partial charge is 0.0880 e. The van der Waals surface area contributed by atoms with Crippen molar-refractivity contribution in [2.75, 3.05) is 0 Å². The first-order valence-corrected chi connectivity index (χ1v) is 5.87. The molecule has 0 bridgehead atoms. The summed E-state index contributed by atoms with van der Waals surface area (Å²) in [5, 5.41) is 0. The second-order valence-corrected chi connectivity index (χ2v) is 4.15. The van der Waals surface area contributed by atoms with E-state index in [-0.39, 0.29) is 0 Å². The Morgan fingerprint density at radius 3 is 2.71 bits per heavy atom. The van der Waals surface area contributed by atoms with Crippen molar-refractivity contribution in [3.8, 4) is 0 Å². The van der Waals surface area contributed by atoms with Gasteiger partial charge in [0.2, 0.25) is 0 Å². The van der Waals surface area contributed by atoms with Gasteiger partial charge in [0.15, 0.2) is 0 Å². The molecule has 2 aromatic heterocycles. The SMILES string of the molecule is c1ccc(CCn2ccc3ncccc32)cc1. The van der Waals surface area contributed by atoms with E-state index in [1.54, 1.807) is 0 Å². The Labute approximate surface area is 101 Å². The van der Waals surface area contributed by atoms with Crippen molar-refractivity contribution in [3.05, 3.63) is 66.5 Å². The van der Waals surface area contributed by atoms with Gasteiger partial charge in [-0.05, 0) is 30.2 Å². The molecule has 0 radical (unpaired) electrons. The van der Waals surface area contributed by atoms with Crippen LogP contribution in [-0.4, -0.2) is 9.55 Å². The van der Waals surface area contributed by atoms with Gasteiger partial charge in [0.1, 0.15) is 0 Å². The molecular weight excluding hydrogens is 208 g/mol. The lowest BCUT2D eigenvalue weighted by Gasteiger charge is -2.05. The van der Waals surface area contributed by atoms with Crippen LogP contribution in [0.5, 0.6) is 0 Å². The fourth-order valence-electron chi connectivity index (χ4n) is 2.11. The van der Waals surface area contributed by atoms with Crippen LogP contribution in [0.15, 0.2) is 60.9 Å². The molecule has 3 aromatic rings. The van der Waals surface area contributed by atoms with Crippen molar-refractivity contribution >= 4 is 11.0 Å². The number of pyridine rings is 1. The molecule has 2 nitrogen and oxygen atoms in total. The summed E-state index contributed by atoms with van der Waals surface area (Å²) in [6.45, 7) is 0.999. The molecule has 1 aromatic carbocycles. The number of fused-ring (bicyclic) bond motifs is 1. The molecule has 0 unspecified atom stereocenters. The normalized spacial score (nSPS) is 10.8. The molecule has 0 spiro atoms. The third-order valence-corrected chi connectivity index (χ3v) is 3.02. The lowest BCUT2D eigenvalue weighted by Crippen LogP contribution is -1.99. The number of aromatic nitrogens is 2. The summed E-state index contributed by atoms with van der Waals surface area (Å²) in [6, 6.07) is 16.7. The van der Waals surface area contributed by atoms with Gasteiger partial charge in [-0.25, -0.2) is 0 Å². The number of nitrogens with zero attached hydrogens (tertiary/aromatic N) is 2. The minimum absolute atomic E-state index is 0.999. The first-order chi connectivity index (χ1) is 8.43. The van der Waals surface area contributed by atoms with Crippen LogP contribution in [0.25, 0.3) is 11.0 Å². The Hall–Kier alpha value is -2.09. The van der Waals surface area contributed by atoms with Crippen molar-refractivity contribution in [1.29, 1.82) is 0 Å². The zero-order valence-corrected chi connectivity index (χ0v) is 9.58. The van der Waals surface area contributed by atoms with Crippen LogP contribution in [-0.2, 0) is 13.0 Å². The Kier molecular flexibility index (Phi) is 2.62. The number of benzene rings is 1. The number of aryl methyl sites for hydroxylation is 2. The van der Waals surface area contributed by atoms with Crippen molar-refractivity contribution < 1.29 is 0 Å². The van der Waals surface area contributed by atoms with E-state index in [1.165, 1.54) is 11.1 Å². The molecule has 0 fully saturated rings. The largest absolute Gasteiger partial charge is 0.346 e. The van der Waals surface area contributed by atoms with Crippen LogP contribution in [0.4, 0.5) is 0 Å². The van der Waals surface area contributed by atoms with Gasteiger partial charge < -0.3 is 4.57 Å². The highest BCUT2D eigenvalue weighted by Crippen LogP contribution is 2.13. The van der Waals surface area contributed by atoms with Crippen molar-refractivity contribution in [1.82, 2.24) is 9.55 Å².